The second-order valence-electron chi connectivity index (χ2n) is 15.3. The highest BCUT2D eigenvalue weighted by molar-refractivity contribution is 5.14. The van der Waals surface area contributed by atoms with Gasteiger partial charge >= 0.3 is 17.8 Å². The molecule has 0 radical (unpaired) electrons. The SMILES string of the molecule is CC.CC.CC.FC1(F)CCCCCc2nn3[n+](c21)CCC3.FC1(F)CCCCCc2nn3[n+](c21)CCCC3.FC1(F)CCCCCc2nn3[n+](c21)CCCCC3. The summed E-state index contributed by atoms with van der Waals surface area (Å²) in [5, 5.41) is 13.2. The van der Waals surface area contributed by atoms with Gasteiger partial charge in [0.2, 0.25) is 34.2 Å². The molecule has 0 saturated carbocycles. The minimum Gasteiger partial charge on any atom is -0.197 e. The lowest BCUT2D eigenvalue weighted by atomic mass is 9.98. The van der Waals surface area contributed by atoms with E-state index in [4.69, 9.17) is 0 Å². The molecule has 3 aliphatic carbocycles. The van der Waals surface area contributed by atoms with Gasteiger partial charge in [0, 0.05) is 60.2 Å². The Hall–Kier alpha value is -3.00. The number of aromatic nitrogens is 9. The van der Waals surface area contributed by atoms with Crippen LogP contribution in [0.1, 0.15) is 191 Å². The van der Waals surface area contributed by atoms with Gasteiger partial charge in [-0.15, -0.1) is 0 Å². The second kappa shape index (κ2) is 21.8. The quantitative estimate of drug-likeness (QED) is 0.168. The highest BCUT2D eigenvalue weighted by Gasteiger charge is 2.48. The monoisotopic (exact) mass is 817 g/mol. The Bertz CT molecular complexity index is 1660. The van der Waals surface area contributed by atoms with E-state index in [2.05, 4.69) is 15.3 Å². The van der Waals surface area contributed by atoms with Crippen LogP contribution in [0.5, 0.6) is 0 Å². The Morgan fingerprint density at radius 2 is 0.649 bits per heavy atom. The van der Waals surface area contributed by atoms with E-state index in [1.807, 2.05) is 41.5 Å². The van der Waals surface area contributed by atoms with Crippen molar-refractivity contribution >= 4 is 0 Å². The first-order valence-electron chi connectivity index (χ1n) is 22.7. The van der Waals surface area contributed by atoms with Gasteiger partial charge in [0.25, 0.3) is 0 Å². The molecular formula is C42H72F6N9+3. The van der Waals surface area contributed by atoms with Gasteiger partial charge in [-0.3, -0.25) is 0 Å². The van der Waals surface area contributed by atoms with E-state index in [1.54, 1.807) is 28.4 Å². The summed E-state index contributed by atoms with van der Waals surface area (Å²) in [6.07, 6.45) is 15.7. The summed E-state index contributed by atoms with van der Waals surface area (Å²) in [5.74, 6) is -8.07. The molecule has 0 saturated heterocycles. The molecule has 0 spiro atoms. The fraction of sp³-hybridized carbons (Fsp3) is 0.857. The van der Waals surface area contributed by atoms with Crippen LogP contribution in [0, 0.1) is 0 Å². The van der Waals surface area contributed by atoms with Gasteiger partial charge in [-0.2, -0.15) is 40.4 Å². The first kappa shape index (κ1) is 46.7. The molecule has 9 rings (SSSR count). The summed E-state index contributed by atoms with van der Waals surface area (Å²) in [4.78, 5) is 5.27. The van der Waals surface area contributed by atoms with Crippen LogP contribution in [0.4, 0.5) is 26.3 Å². The molecule has 0 atom stereocenters. The van der Waals surface area contributed by atoms with Crippen molar-refractivity contribution in [3.05, 3.63) is 34.2 Å². The van der Waals surface area contributed by atoms with Crippen LogP contribution >= 0.6 is 0 Å². The maximum atomic E-state index is 14.3. The molecule has 3 aromatic heterocycles. The number of fused-ring (bicyclic) bond motifs is 9. The zero-order valence-corrected chi connectivity index (χ0v) is 35.9. The van der Waals surface area contributed by atoms with Crippen LogP contribution in [-0.2, 0) is 76.3 Å². The number of hydrogen-bond acceptors (Lipinski definition) is 3. The minimum atomic E-state index is -2.70. The Labute approximate surface area is 337 Å². The lowest BCUT2D eigenvalue weighted by Crippen LogP contribution is -2.52. The molecule has 57 heavy (non-hydrogen) atoms. The highest BCUT2D eigenvalue weighted by Crippen LogP contribution is 2.38. The van der Waals surface area contributed by atoms with Gasteiger partial charge in [0.05, 0.1) is 0 Å². The van der Waals surface area contributed by atoms with Crippen LogP contribution in [0.25, 0.3) is 0 Å². The van der Waals surface area contributed by atoms with Gasteiger partial charge in [0.1, 0.15) is 39.3 Å². The number of aryl methyl sites for hydroxylation is 6. The minimum absolute atomic E-state index is 0.0221. The molecule has 0 amide bonds. The van der Waals surface area contributed by atoms with Crippen molar-refractivity contribution in [2.75, 3.05) is 0 Å². The predicted molar refractivity (Wildman–Crippen MR) is 207 cm³/mol. The summed E-state index contributed by atoms with van der Waals surface area (Å²) in [5.41, 5.74) is 2.52. The molecule has 6 heterocycles. The van der Waals surface area contributed by atoms with Crippen LogP contribution in [0.15, 0.2) is 0 Å². The van der Waals surface area contributed by atoms with Crippen LogP contribution in [0.2, 0.25) is 0 Å². The van der Waals surface area contributed by atoms with E-state index in [0.29, 0.717) is 75.2 Å². The van der Waals surface area contributed by atoms with Gasteiger partial charge in [-0.05, 0) is 85.0 Å². The van der Waals surface area contributed by atoms with Gasteiger partial charge in [-0.25, -0.2) is 0 Å². The molecule has 3 aromatic rings. The molecule has 324 valence electrons. The summed E-state index contributed by atoms with van der Waals surface area (Å²) in [6.45, 7) is 16.4. The molecule has 0 aromatic carbocycles. The van der Waals surface area contributed by atoms with E-state index in [9.17, 15) is 26.3 Å². The zero-order valence-electron chi connectivity index (χ0n) is 35.9. The maximum absolute atomic E-state index is 14.3. The highest BCUT2D eigenvalue weighted by atomic mass is 19.3. The maximum Gasteiger partial charge on any atom is 0.314 e. The summed E-state index contributed by atoms with van der Waals surface area (Å²) in [6, 6.07) is 0. The number of halogens is 6. The van der Waals surface area contributed by atoms with Crippen molar-refractivity contribution in [2.24, 2.45) is 0 Å². The average molecular weight is 817 g/mol. The molecule has 0 unspecified atom stereocenters. The van der Waals surface area contributed by atoms with E-state index in [-0.39, 0.29) is 36.3 Å². The van der Waals surface area contributed by atoms with Crippen molar-refractivity contribution in [1.82, 2.24) is 29.7 Å². The summed E-state index contributed by atoms with van der Waals surface area (Å²) < 4.78 is 90.3. The Balaban J connectivity index is 0.000000178. The van der Waals surface area contributed by atoms with Gasteiger partial charge in [-0.1, -0.05) is 60.8 Å². The average Bonchev–Trinajstić information content (AvgIpc) is 3.94. The third-order valence-electron chi connectivity index (χ3n) is 11.3. The molecule has 3 aliphatic heterocycles. The van der Waals surface area contributed by atoms with Crippen molar-refractivity contribution in [3.63, 3.8) is 0 Å². The Morgan fingerprint density at radius 3 is 1.02 bits per heavy atom. The van der Waals surface area contributed by atoms with Crippen LogP contribution in [-0.4, -0.2) is 29.7 Å². The van der Waals surface area contributed by atoms with Gasteiger partial charge in [0.15, 0.2) is 0 Å². The van der Waals surface area contributed by atoms with Crippen molar-refractivity contribution in [3.8, 4) is 0 Å². The number of alkyl halides is 6. The third-order valence-corrected chi connectivity index (χ3v) is 11.3. The lowest BCUT2D eigenvalue weighted by Gasteiger charge is -2.18. The zero-order chi connectivity index (χ0) is 41.6. The molecular weight excluding hydrogens is 745 g/mol. The Morgan fingerprint density at radius 1 is 0.368 bits per heavy atom. The number of rotatable bonds is 0. The first-order valence-corrected chi connectivity index (χ1v) is 22.7. The number of nitrogens with zero attached hydrogens (tertiary/aromatic N) is 9. The fourth-order valence-corrected chi connectivity index (χ4v) is 8.79. The molecule has 0 fully saturated rings. The second-order valence-corrected chi connectivity index (χ2v) is 15.3. The third kappa shape index (κ3) is 11.2. The molecule has 9 nitrogen and oxygen atoms in total. The first-order chi connectivity index (χ1) is 27.6. The van der Waals surface area contributed by atoms with Crippen molar-refractivity contribution < 1.29 is 40.4 Å². The van der Waals surface area contributed by atoms with E-state index >= 15 is 0 Å². The topological polar surface area (TPSA) is 65.1 Å². The van der Waals surface area contributed by atoms with E-state index < -0.39 is 17.8 Å². The van der Waals surface area contributed by atoms with Gasteiger partial charge < -0.3 is 0 Å². The van der Waals surface area contributed by atoms with E-state index in [1.165, 1.54) is 0 Å². The molecule has 6 aliphatic rings. The lowest BCUT2D eigenvalue weighted by molar-refractivity contribution is -0.798. The van der Waals surface area contributed by atoms with Crippen LogP contribution in [0.3, 0.4) is 0 Å². The standard InChI is InChI=1S/C13H20F2N3.C12H18F2N3.C11H16F2N3.3C2H6/c14-13(15)8-4-1-3-7-11-12(13)17-9-5-2-6-10-18(17)16-11;13-12(14)7-3-1-2-6-10-11(12)16-8-4-5-9-17(16)15-10;12-11(13)6-3-1-2-5-9-10(11)15-7-4-8-16(15)14-9;3*1-2/h1-10H2;1-9H2;1-8H2;3*1-2H3/q3*+1;;;. The Kier molecular flexibility index (Phi) is 17.9. The van der Waals surface area contributed by atoms with Crippen molar-refractivity contribution in [1.29, 1.82) is 0 Å². The summed E-state index contributed by atoms with van der Waals surface area (Å²) >= 11 is 0. The van der Waals surface area contributed by atoms with Crippen LogP contribution < -0.4 is 14.0 Å². The summed E-state index contributed by atoms with van der Waals surface area (Å²) in [7, 11) is 0. The molecule has 15 heteroatoms. The number of hydrogen-bond donors (Lipinski definition) is 0. The molecule has 0 N–H and O–H groups in total. The predicted octanol–water partition coefficient (Wildman–Crippen LogP) is 9.60. The van der Waals surface area contributed by atoms with E-state index in [0.717, 1.165) is 96.7 Å². The normalized spacial score (nSPS) is 21.3. The smallest absolute Gasteiger partial charge is 0.197 e. The molecule has 0 bridgehead atoms. The van der Waals surface area contributed by atoms with Crippen molar-refractivity contribution in [2.45, 2.75) is 233 Å². The fourth-order valence-electron chi connectivity index (χ4n) is 8.79. The largest absolute Gasteiger partial charge is 0.314 e.